The molecule has 0 aliphatic heterocycles. The molecule has 0 fully saturated rings. The molecule has 0 aromatic heterocycles. The van der Waals surface area contributed by atoms with Crippen molar-refractivity contribution in [2.24, 2.45) is 0 Å². The van der Waals surface area contributed by atoms with Gasteiger partial charge in [0.2, 0.25) is 0 Å². The van der Waals surface area contributed by atoms with Crippen molar-refractivity contribution in [3.8, 4) is 0 Å². The van der Waals surface area contributed by atoms with Crippen LogP contribution in [-0.4, -0.2) is 7.05 Å². The van der Waals surface area contributed by atoms with Gasteiger partial charge in [0.1, 0.15) is 0 Å². The molecule has 0 amide bonds. The summed E-state index contributed by atoms with van der Waals surface area (Å²) in [6.45, 7) is 1.83. The fourth-order valence-electron chi connectivity index (χ4n) is 1.20. The van der Waals surface area contributed by atoms with Crippen LogP contribution in [0, 0.1) is 0 Å². The summed E-state index contributed by atoms with van der Waals surface area (Å²) in [5.74, 6) is 0. The highest BCUT2D eigenvalue weighted by Crippen LogP contribution is 2.31. The Morgan fingerprint density at radius 2 is 1.86 bits per heavy atom. The summed E-state index contributed by atoms with van der Waals surface area (Å²) in [4.78, 5) is 0. The van der Waals surface area contributed by atoms with Crippen molar-refractivity contribution >= 4 is 5.69 Å². The van der Waals surface area contributed by atoms with Crippen LogP contribution < -0.4 is 5.32 Å². The minimum absolute atomic E-state index is 0.497. The predicted molar refractivity (Wildman–Crippen MR) is 50.4 cm³/mol. The molecule has 0 atom stereocenters. The van der Waals surface area contributed by atoms with E-state index in [1.165, 1.54) is 6.07 Å². The van der Waals surface area contributed by atoms with Crippen LogP contribution in [0.1, 0.15) is 18.1 Å². The number of hydrogen-bond acceptors (Lipinski definition) is 1. The van der Waals surface area contributed by atoms with Crippen molar-refractivity contribution < 1.29 is 13.2 Å². The molecular formula is C10H12F3N. The summed E-state index contributed by atoms with van der Waals surface area (Å²) in [5.41, 5.74) is 0.585. The number of benzene rings is 1. The van der Waals surface area contributed by atoms with E-state index < -0.39 is 11.7 Å². The fourth-order valence-corrected chi connectivity index (χ4v) is 1.20. The number of nitrogens with one attached hydrogen (secondary N) is 1. The van der Waals surface area contributed by atoms with Crippen LogP contribution >= 0.6 is 0 Å². The van der Waals surface area contributed by atoms with Gasteiger partial charge in [-0.05, 0) is 30.2 Å². The van der Waals surface area contributed by atoms with E-state index in [9.17, 15) is 13.2 Å². The van der Waals surface area contributed by atoms with Crippen molar-refractivity contribution in [1.82, 2.24) is 0 Å². The van der Waals surface area contributed by atoms with Crippen molar-refractivity contribution in [2.45, 2.75) is 19.5 Å². The zero-order valence-electron chi connectivity index (χ0n) is 8.07. The van der Waals surface area contributed by atoms with Gasteiger partial charge in [0, 0.05) is 12.7 Å². The Bertz CT molecular complexity index is 295. The van der Waals surface area contributed by atoms with Crippen LogP contribution in [0.2, 0.25) is 0 Å². The van der Waals surface area contributed by atoms with Gasteiger partial charge in [0.05, 0.1) is 5.56 Å². The lowest BCUT2D eigenvalue weighted by molar-refractivity contribution is -0.137. The van der Waals surface area contributed by atoms with E-state index >= 15 is 0 Å². The quantitative estimate of drug-likeness (QED) is 0.777. The first kappa shape index (κ1) is 10.9. The molecule has 1 rings (SSSR count). The van der Waals surface area contributed by atoms with Gasteiger partial charge in [-0.1, -0.05) is 6.92 Å². The second-order valence-corrected chi connectivity index (χ2v) is 3.02. The summed E-state index contributed by atoms with van der Waals surface area (Å²) >= 11 is 0. The molecule has 1 nitrogen and oxygen atoms in total. The predicted octanol–water partition coefficient (Wildman–Crippen LogP) is 3.31. The molecule has 1 aromatic rings. The lowest BCUT2D eigenvalue weighted by atomic mass is 10.1. The van der Waals surface area contributed by atoms with E-state index in [0.717, 1.165) is 6.07 Å². The largest absolute Gasteiger partial charge is 0.416 e. The van der Waals surface area contributed by atoms with E-state index in [0.29, 0.717) is 17.7 Å². The second kappa shape index (κ2) is 3.90. The Balaban J connectivity index is 3.17. The van der Waals surface area contributed by atoms with E-state index in [-0.39, 0.29) is 0 Å². The number of rotatable bonds is 2. The van der Waals surface area contributed by atoms with E-state index in [1.54, 1.807) is 13.1 Å². The lowest BCUT2D eigenvalue weighted by Gasteiger charge is -2.11. The zero-order valence-corrected chi connectivity index (χ0v) is 8.07. The Morgan fingerprint density at radius 1 is 1.21 bits per heavy atom. The van der Waals surface area contributed by atoms with Crippen LogP contribution in [0.15, 0.2) is 18.2 Å². The van der Waals surface area contributed by atoms with Crippen LogP contribution in [0.4, 0.5) is 18.9 Å². The van der Waals surface area contributed by atoms with Crippen molar-refractivity contribution in [1.29, 1.82) is 0 Å². The van der Waals surface area contributed by atoms with Gasteiger partial charge in [-0.3, -0.25) is 0 Å². The molecule has 0 heterocycles. The maximum atomic E-state index is 12.4. The van der Waals surface area contributed by atoms with Crippen molar-refractivity contribution in [2.75, 3.05) is 12.4 Å². The maximum Gasteiger partial charge on any atom is 0.416 e. The van der Waals surface area contributed by atoms with Crippen LogP contribution in [0.3, 0.4) is 0 Å². The van der Waals surface area contributed by atoms with Gasteiger partial charge < -0.3 is 5.32 Å². The summed E-state index contributed by atoms with van der Waals surface area (Å²) in [7, 11) is 1.61. The molecule has 78 valence electrons. The van der Waals surface area contributed by atoms with E-state index in [2.05, 4.69) is 5.32 Å². The summed E-state index contributed by atoms with van der Waals surface area (Å²) < 4.78 is 37.2. The smallest absolute Gasteiger partial charge is 0.388 e. The number of anilines is 1. The number of halogens is 3. The van der Waals surface area contributed by atoms with Gasteiger partial charge in [-0.15, -0.1) is 0 Å². The highest BCUT2D eigenvalue weighted by Gasteiger charge is 2.30. The third kappa shape index (κ3) is 2.40. The summed E-state index contributed by atoms with van der Waals surface area (Å²) in [6, 6.07) is 4.01. The van der Waals surface area contributed by atoms with Gasteiger partial charge in [-0.25, -0.2) is 0 Å². The van der Waals surface area contributed by atoms with E-state index in [1.807, 2.05) is 6.92 Å². The highest BCUT2D eigenvalue weighted by molar-refractivity contribution is 5.49. The molecule has 0 unspecified atom stereocenters. The van der Waals surface area contributed by atoms with Crippen molar-refractivity contribution in [3.05, 3.63) is 29.3 Å². The van der Waals surface area contributed by atoms with Gasteiger partial charge in [0.15, 0.2) is 0 Å². The van der Waals surface area contributed by atoms with Crippen molar-refractivity contribution in [3.63, 3.8) is 0 Å². The average Bonchev–Trinajstić information content (AvgIpc) is 2.15. The summed E-state index contributed by atoms with van der Waals surface area (Å²) in [5, 5.41) is 2.71. The molecule has 0 spiro atoms. The van der Waals surface area contributed by atoms with E-state index in [4.69, 9.17) is 0 Å². The summed E-state index contributed by atoms with van der Waals surface area (Å²) in [6.07, 6.45) is -3.67. The van der Waals surface area contributed by atoms with Gasteiger partial charge in [-0.2, -0.15) is 13.2 Å². The molecule has 0 saturated carbocycles. The first-order chi connectivity index (χ1) is 6.47. The molecule has 4 heteroatoms. The normalized spacial score (nSPS) is 11.5. The van der Waals surface area contributed by atoms with Gasteiger partial charge in [0.25, 0.3) is 0 Å². The second-order valence-electron chi connectivity index (χ2n) is 3.02. The minimum atomic E-state index is -4.27. The molecule has 1 aromatic carbocycles. The zero-order chi connectivity index (χ0) is 10.8. The molecule has 0 aliphatic carbocycles. The number of aryl methyl sites for hydroxylation is 1. The molecule has 1 N–H and O–H groups in total. The standard InChI is InChI=1S/C10H12F3N/c1-3-7-4-8(10(11,12)13)6-9(5-7)14-2/h4-6,14H,3H2,1-2H3. The molecule has 0 aliphatic rings. The first-order valence-electron chi connectivity index (χ1n) is 4.36. The molecule has 0 bridgehead atoms. The highest BCUT2D eigenvalue weighted by atomic mass is 19.4. The minimum Gasteiger partial charge on any atom is -0.388 e. The Morgan fingerprint density at radius 3 is 2.29 bits per heavy atom. The Hall–Kier alpha value is -1.19. The van der Waals surface area contributed by atoms with Crippen LogP contribution in [0.5, 0.6) is 0 Å². The first-order valence-corrected chi connectivity index (χ1v) is 4.36. The third-order valence-electron chi connectivity index (χ3n) is 2.02. The van der Waals surface area contributed by atoms with Crippen LogP contribution in [0.25, 0.3) is 0 Å². The molecule has 0 saturated heterocycles. The third-order valence-corrected chi connectivity index (χ3v) is 2.02. The molecule has 14 heavy (non-hydrogen) atoms. The SMILES string of the molecule is CCc1cc(NC)cc(C(F)(F)F)c1. The topological polar surface area (TPSA) is 12.0 Å². The molecular weight excluding hydrogens is 191 g/mol. The lowest BCUT2D eigenvalue weighted by Crippen LogP contribution is -2.06. The number of hydrogen-bond donors (Lipinski definition) is 1. The monoisotopic (exact) mass is 203 g/mol. The average molecular weight is 203 g/mol. The maximum absolute atomic E-state index is 12.4. The molecule has 0 radical (unpaired) electrons. The fraction of sp³-hybridized carbons (Fsp3) is 0.400. The van der Waals surface area contributed by atoms with Gasteiger partial charge >= 0.3 is 6.18 Å². The Kier molecular flexibility index (Phi) is 3.03. The Labute approximate surface area is 80.9 Å². The van der Waals surface area contributed by atoms with Crippen LogP contribution in [-0.2, 0) is 12.6 Å². The number of alkyl halides is 3.